The van der Waals surface area contributed by atoms with Crippen molar-refractivity contribution in [2.75, 3.05) is 93.3 Å². The van der Waals surface area contributed by atoms with E-state index in [1.165, 1.54) is 72.3 Å². The second-order valence-corrected chi connectivity index (χ2v) is 32.3. The Morgan fingerprint density at radius 2 is 0.709 bits per heavy atom. The second-order valence-electron chi connectivity index (χ2n) is 25.7. The molecule has 0 saturated carbocycles. The van der Waals surface area contributed by atoms with Gasteiger partial charge in [0.25, 0.3) is 17.1 Å². The molecule has 4 N–H and O–H groups in total. The number of thiol groups is 1. The number of hydrogen-bond acceptors (Lipinski definition) is 25. The molecule has 0 aromatic heterocycles. The number of aldehydes is 1. The molecular weight excluding hydrogens is 1830 g/mol. The molecule has 1 radical (unpaired) electrons. The molecule has 0 unspecified atom stereocenters. The van der Waals surface area contributed by atoms with Crippen LogP contribution in [0.15, 0.2) is 223 Å². The third-order valence-corrected chi connectivity index (χ3v) is 23.5. The van der Waals surface area contributed by atoms with Crippen LogP contribution in [0.4, 0.5) is 28.4 Å². The summed E-state index contributed by atoms with van der Waals surface area (Å²) in [5.74, 6) is 3.94. The summed E-state index contributed by atoms with van der Waals surface area (Å²) in [6.45, 7) is 18.0. The average molecular weight is 1940 g/mol. The topological polar surface area (TPSA) is 356 Å². The van der Waals surface area contributed by atoms with Crippen molar-refractivity contribution in [3.05, 3.63) is 327 Å². The van der Waals surface area contributed by atoms with Gasteiger partial charge in [0.15, 0.2) is 0 Å². The van der Waals surface area contributed by atoms with Gasteiger partial charge in [-0.25, -0.2) is 0 Å². The van der Waals surface area contributed by atoms with Crippen LogP contribution in [-0.2, 0) is 63.8 Å². The zero-order valence-corrected chi connectivity index (χ0v) is 80.1. The Morgan fingerprint density at radius 3 is 1.04 bits per heavy atom. The molecule has 0 atom stereocenters. The van der Waals surface area contributed by atoms with Gasteiger partial charge >= 0.3 is 48.5 Å². The summed E-state index contributed by atoms with van der Waals surface area (Å²) < 4.78 is 91.6. The SMILES string of the molecule is CCOP(=O)(Cc1ccc(CP(=O)(OCC)OCC)c(OC)c1)OCC.CCOP(OCC)OCC.COc1cc(/C=C/c2ccc(N)cc2)ccc1/C=C/c1ccc(N)cc1.COc1cc(/C=C/c2ccc([N+](=O)[O-])cc2)ccc1/C=C/c1ccc([N+](=O)[O-])cc1.COc1cc(CBr)ccc1CBr.COc1ccccc1C.O=Cc1ccc([N+](=O)[O-])cc1.[B]=NS. The third kappa shape index (κ3) is 43.2. The first-order chi connectivity index (χ1) is 61.1. The maximum atomic E-state index is 12.8. The van der Waals surface area contributed by atoms with Crippen LogP contribution < -0.4 is 35.2 Å². The number of rotatable bonds is 37. The van der Waals surface area contributed by atoms with Gasteiger partial charge in [0.1, 0.15) is 35.0 Å². The second kappa shape index (κ2) is 63.4. The Balaban J connectivity index is 0.000000398. The van der Waals surface area contributed by atoms with Crippen molar-refractivity contribution in [2.45, 2.75) is 78.4 Å². The summed E-state index contributed by atoms with van der Waals surface area (Å²) in [6, 6.07) is 64.9. The number of anilines is 2. The number of carbonyl (C=O) groups excluding carboxylic acids is 1. The fourth-order valence-corrected chi connectivity index (χ4v) is 15.8. The molecule has 0 amide bonds. The van der Waals surface area contributed by atoms with E-state index in [0.29, 0.717) is 75.2 Å². The molecule has 0 aliphatic heterocycles. The van der Waals surface area contributed by atoms with Gasteiger partial charge < -0.3 is 66.8 Å². The first kappa shape index (κ1) is 111. The van der Waals surface area contributed by atoms with Crippen molar-refractivity contribution in [3.63, 3.8) is 0 Å². The Kier molecular flexibility index (Phi) is 55.2. The molecule has 0 aliphatic rings. The van der Waals surface area contributed by atoms with Crippen LogP contribution in [-0.4, -0.2) is 110 Å². The summed E-state index contributed by atoms with van der Waals surface area (Å²) in [7, 11) is 5.00. The van der Waals surface area contributed by atoms with Gasteiger partial charge in [-0.3, -0.25) is 44.3 Å². The van der Waals surface area contributed by atoms with E-state index in [1.807, 2.05) is 167 Å². The van der Waals surface area contributed by atoms with Crippen molar-refractivity contribution in [1.29, 1.82) is 0 Å². The van der Waals surface area contributed by atoms with E-state index in [1.54, 1.807) is 98.6 Å². The number of halogens is 2. The number of nitrogens with zero attached hydrogens (tertiary/aromatic N) is 4. The van der Waals surface area contributed by atoms with Gasteiger partial charge in [-0.15, -0.1) is 0 Å². The predicted octanol–water partition coefficient (Wildman–Crippen LogP) is 25.7. The number of carbonyl (C=O) groups is 1. The van der Waals surface area contributed by atoms with Crippen LogP contribution in [0, 0.1) is 37.3 Å². The number of non-ortho nitro benzene ring substituents is 3. The van der Waals surface area contributed by atoms with E-state index >= 15 is 0 Å². The van der Waals surface area contributed by atoms with Crippen LogP contribution in [0.1, 0.15) is 131 Å². The van der Waals surface area contributed by atoms with Crippen LogP contribution in [0.25, 0.3) is 48.6 Å². The molecule has 10 aromatic rings. The molecule has 10 aromatic carbocycles. The van der Waals surface area contributed by atoms with E-state index in [0.717, 1.165) is 89.4 Å². The van der Waals surface area contributed by atoms with Crippen LogP contribution in [0.2, 0.25) is 0 Å². The van der Waals surface area contributed by atoms with Crippen LogP contribution in [0.3, 0.4) is 0 Å². The Hall–Kier alpha value is -10.6. The van der Waals surface area contributed by atoms with Gasteiger partial charge in [0, 0.05) is 86.3 Å². The average Bonchev–Trinajstić information content (AvgIpc) is 0.813. The van der Waals surface area contributed by atoms with Crippen molar-refractivity contribution >= 4 is 159 Å². The molecule has 0 spiro atoms. The van der Waals surface area contributed by atoms with Gasteiger partial charge in [-0.2, -0.15) is 0 Å². The quantitative estimate of drug-likeness (QED) is 0.00375. The van der Waals surface area contributed by atoms with E-state index in [-0.39, 0.29) is 29.4 Å². The van der Waals surface area contributed by atoms with Crippen molar-refractivity contribution in [1.82, 2.24) is 0 Å². The molecule has 27 nitrogen and oxygen atoms in total. The minimum atomic E-state index is -3.24. The molecule has 127 heavy (non-hydrogen) atoms. The predicted molar refractivity (Wildman–Crippen MR) is 525 cm³/mol. The van der Waals surface area contributed by atoms with Crippen molar-refractivity contribution < 1.29 is 84.0 Å². The molecular formula is C93H111BBr2N6O21P3S. The standard InChI is InChI=1S/C23H18N2O5.C23H22N2O.C17H30O7P2.C9H10Br2O.C8H10O.C7H5NO3.C6H15O3P.BHNS/c1-30-23-16-19(3-2-17-6-12-21(13-7-17)24(26)27)5-11-20(23)10-4-18-8-14-22(15-9-18)25(28)29;1-26-23-16-19(3-2-17-6-12-21(24)13-7-17)5-11-20(23)10-4-18-8-14-22(25)15-9-18;1-6-21-25(18,22-7-2)13-15-10-11-16(17(12-15)20-5)14-26(19,23-8-3)24-9-4;1-12-9-4-7(5-10)2-3-8(9)6-11;1-7-5-3-4-6-8(7)9-2;9-5-6-1-3-7(4-2-6)8(10)11;1-4-7-10(8-5-2)9-6-3;1-2-3/h2-16H,1H3;2-16H,24-25H2,1H3;10-12H,6-9,13-14H2,1-5H3;2-4H,5-6H2,1H3;3-6H,1-2H3;1-5H;4-6H2,1-3H3;3H/b2*3-2+,10-4+;;;;;;. The number of para-hydroxylation sites is 1. The van der Waals surface area contributed by atoms with Gasteiger partial charge in [-0.1, -0.05) is 171 Å². The number of hydrogen-bond donors (Lipinski definition) is 3. The summed E-state index contributed by atoms with van der Waals surface area (Å²) in [4.78, 5) is 40.3. The number of methoxy groups -OCH3 is 5. The fourth-order valence-electron chi connectivity index (χ4n) is 10.7. The van der Waals surface area contributed by atoms with E-state index in [2.05, 4.69) is 93.0 Å². The van der Waals surface area contributed by atoms with Gasteiger partial charge in [0.2, 0.25) is 0 Å². The molecule has 0 bridgehead atoms. The summed E-state index contributed by atoms with van der Waals surface area (Å²) in [5.41, 5.74) is 26.3. The number of alkyl halides is 2. The number of benzene rings is 10. The minimum absolute atomic E-state index is 0.00407. The third-order valence-electron chi connectivity index (χ3n) is 16.7. The van der Waals surface area contributed by atoms with Crippen LogP contribution >= 0.6 is 68.5 Å². The number of nitrogen functional groups attached to an aromatic ring is 2. The summed E-state index contributed by atoms with van der Waals surface area (Å²) in [5, 5.41) is 33.3. The summed E-state index contributed by atoms with van der Waals surface area (Å²) in [6.07, 6.45) is 16.6. The van der Waals surface area contributed by atoms with Crippen molar-refractivity contribution in [2.24, 2.45) is 4.30 Å². The number of nitrogens with two attached hydrogens (primary N) is 2. The Morgan fingerprint density at radius 1 is 0.394 bits per heavy atom. The van der Waals surface area contributed by atoms with E-state index in [4.69, 9.17) is 66.8 Å². The first-order valence-corrected chi connectivity index (χ1v) is 46.8. The first-order valence-electron chi connectivity index (χ1n) is 39.6. The van der Waals surface area contributed by atoms with E-state index < -0.39 is 38.6 Å². The monoisotopic (exact) mass is 1940 g/mol. The number of aryl methyl sites for hydroxylation is 1. The maximum absolute atomic E-state index is 12.8. The number of nitro benzene ring substituents is 3. The van der Waals surface area contributed by atoms with Crippen molar-refractivity contribution in [3.8, 4) is 28.7 Å². The molecule has 10 rings (SSSR count). The molecule has 0 saturated heterocycles. The summed E-state index contributed by atoms with van der Waals surface area (Å²) >= 11 is 10.00. The zero-order valence-electron chi connectivity index (χ0n) is 73.4. The Labute approximate surface area is 769 Å². The fraction of sp³-hybridized carbons (Fsp3) is 0.258. The normalized spacial score (nSPS) is 10.8. The van der Waals surface area contributed by atoms with Crippen LogP contribution in [0.5, 0.6) is 28.7 Å². The zero-order chi connectivity index (χ0) is 94.0. The Bertz CT molecular complexity index is 5150. The molecule has 677 valence electrons. The number of nitro groups is 3. The van der Waals surface area contributed by atoms with E-state index in [9.17, 15) is 44.3 Å². The molecule has 34 heteroatoms. The molecule has 0 fully saturated rings. The van der Waals surface area contributed by atoms with Gasteiger partial charge in [0.05, 0.1) is 109 Å². The van der Waals surface area contributed by atoms with Gasteiger partial charge in [-0.05, 0) is 196 Å². The molecule has 0 aliphatic carbocycles. The number of ether oxygens (including phenoxy) is 5. The molecule has 0 heterocycles.